The molecule has 0 saturated carbocycles. The molecule has 2 aliphatic rings. The van der Waals surface area contributed by atoms with Crippen LogP contribution < -0.4 is 10.2 Å². The second-order valence-corrected chi connectivity index (χ2v) is 7.34. The molecule has 0 spiro atoms. The average Bonchev–Trinajstić information content (AvgIpc) is 3.17. The van der Waals surface area contributed by atoms with Gasteiger partial charge < -0.3 is 19.9 Å². The number of rotatable bonds is 2. The minimum Gasteiger partial charge on any atom is -0.501 e. The molecule has 1 fully saturated rings. The van der Waals surface area contributed by atoms with Crippen molar-refractivity contribution in [2.45, 2.75) is 25.4 Å². The first-order valence-corrected chi connectivity index (χ1v) is 9.68. The van der Waals surface area contributed by atoms with Gasteiger partial charge in [-0.3, -0.25) is 9.59 Å². The molecule has 2 amide bonds. The van der Waals surface area contributed by atoms with Gasteiger partial charge in [0.15, 0.2) is 0 Å². The zero-order chi connectivity index (χ0) is 20.1. The highest BCUT2D eigenvalue weighted by atomic mass is 32.1. The molecule has 3 rings (SSSR count). The maximum Gasteiger partial charge on any atom is 0.445 e. The lowest BCUT2D eigenvalue weighted by Crippen LogP contribution is -2.45. The molecule has 0 aliphatic carbocycles. The van der Waals surface area contributed by atoms with Crippen LogP contribution in [0.2, 0.25) is 0 Å². The fraction of sp³-hybridized carbons (Fsp3) is 0.625. The Kier molecular flexibility index (Phi) is 6.37. The Morgan fingerprint density at radius 2 is 2.00 bits per heavy atom. The number of hydrogen-bond acceptors (Lipinski definition) is 7. The maximum atomic E-state index is 12.8. The lowest BCUT2D eigenvalue weighted by Gasteiger charge is -2.30. The third kappa shape index (κ3) is 5.12. The van der Waals surface area contributed by atoms with Crippen molar-refractivity contribution in [3.63, 3.8) is 0 Å². The summed E-state index contributed by atoms with van der Waals surface area (Å²) in [5, 5.41) is 8.63. The standard InChI is InChI=1S/C16H20F3N5O3S/c17-16(18,19)14-21-22-15(28-14)24-6-4-20-12(25)3-5-23(7-8-24)13(26)11-2-1-9-27-10-11/h10H,1-9H2,(H,20,25). The van der Waals surface area contributed by atoms with Crippen LogP contribution in [0.5, 0.6) is 0 Å². The van der Waals surface area contributed by atoms with Crippen LogP contribution in [0, 0.1) is 0 Å². The lowest BCUT2D eigenvalue weighted by molar-refractivity contribution is -0.138. The number of alkyl halides is 3. The van der Waals surface area contributed by atoms with Gasteiger partial charge in [-0.25, -0.2) is 0 Å². The first kappa shape index (κ1) is 20.4. The molecule has 0 bridgehead atoms. The van der Waals surface area contributed by atoms with E-state index in [2.05, 4.69) is 15.5 Å². The lowest BCUT2D eigenvalue weighted by atomic mass is 10.1. The number of halogens is 3. The van der Waals surface area contributed by atoms with Gasteiger partial charge in [0.1, 0.15) is 0 Å². The zero-order valence-electron chi connectivity index (χ0n) is 15.0. The largest absolute Gasteiger partial charge is 0.501 e. The minimum absolute atomic E-state index is 0.106. The van der Waals surface area contributed by atoms with E-state index in [0.717, 1.165) is 6.42 Å². The van der Waals surface area contributed by atoms with Crippen LogP contribution in [-0.2, 0) is 20.5 Å². The summed E-state index contributed by atoms with van der Waals surface area (Å²) < 4.78 is 43.7. The fourth-order valence-electron chi connectivity index (χ4n) is 2.90. The summed E-state index contributed by atoms with van der Waals surface area (Å²) in [6.45, 7) is 1.86. The SMILES string of the molecule is O=C1CCN(C(=O)C2=COCCC2)CCN(c2nnc(C(F)(F)F)s2)CCN1. The highest BCUT2D eigenvalue weighted by molar-refractivity contribution is 7.15. The van der Waals surface area contributed by atoms with Crippen molar-refractivity contribution in [1.29, 1.82) is 0 Å². The molecular formula is C16H20F3N5O3S. The Hall–Kier alpha value is -2.37. The van der Waals surface area contributed by atoms with Gasteiger partial charge in [-0.1, -0.05) is 11.3 Å². The zero-order valence-corrected chi connectivity index (χ0v) is 15.8. The molecule has 0 atom stereocenters. The molecule has 0 radical (unpaired) electrons. The fourth-order valence-corrected chi connectivity index (χ4v) is 3.66. The van der Waals surface area contributed by atoms with Crippen LogP contribution in [0.1, 0.15) is 24.3 Å². The van der Waals surface area contributed by atoms with Crippen LogP contribution >= 0.6 is 11.3 Å². The number of nitrogens with zero attached hydrogens (tertiary/aromatic N) is 4. The second kappa shape index (κ2) is 8.76. The van der Waals surface area contributed by atoms with E-state index >= 15 is 0 Å². The van der Waals surface area contributed by atoms with Gasteiger partial charge in [-0.05, 0) is 12.8 Å². The number of anilines is 1. The van der Waals surface area contributed by atoms with E-state index in [1.807, 2.05) is 0 Å². The molecule has 1 saturated heterocycles. The van der Waals surface area contributed by atoms with Crippen molar-refractivity contribution in [3.8, 4) is 0 Å². The number of nitrogens with one attached hydrogen (secondary N) is 1. The van der Waals surface area contributed by atoms with Gasteiger partial charge in [0.05, 0.1) is 18.4 Å². The van der Waals surface area contributed by atoms with Crippen LogP contribution in [0.25, 0.3) is 0 Å². The van der Waals surface area contributed by atoms with Crippen LogP contribution in [0.4, 0.5) is 18.3 Å². The Labute approximate surface area is 163 Å². The first-order valence-electron chi connectivity index (χ1n) is 8.87. The first-order chi connectivity index (χ1) is 13.3. The molecule has 154 valence electrons. The molecule has 0 aromatic carbocycles. The number of ether oxygens (including phenoxy) is 1. The number of aromatic nitrogens is 2. The highest BCUT2D eigenvalue weighted by Gasteiger charge is 2.36. The summed E-state index contributed by atoms with van der Waals surface area (Å²) in [6, 6.07) is 0. The van der Waals surface area contributed by atoms with E-state index in [0.29, 0.717) is 29.9 Å². The molecule has 3 heterocycles. The van der Waals surface area contributed by atoms with Gasteiger partial charge in [0.2, 0.25) is 16.0 Å². The predicted octanol–water partition coefficient (Wildman–Crippen LogP) is 1.41. The summed E-state index contributed by atoms with van der Waals surface area (Å²) in [4.78, 5) is 27.8. The number of carbonyl (C=O) groups excluding carboxylic acids is 2. The molecule has 12 heteroatoms. The number of hydrogen-bond donors (Lipinski definition) is 1. The van der Waals surface area contributed by atoms with Crippen LogP contribution in [0.3, 0.4) is 0 Å². The molecule has 0 unspecified atom stereocenters. The third-order valence-corrected chi connectivity index (χ3v) is 5.40. The van der Waals surface area contributed by atoms with E-state index in [1.165, 1.54) is 11.2 Å². The Balaban J connectivity index is 1.74. The van der Waals surface area contributed by atoms with Crippen LogP contribution in [-0.4, -0.2) is 66.2 Å². The predicted molar refractivity (Wildman–Crippen MR) is 94.6 cm³/mol. The Morgan fingerprint density at radius 3 is 2.68 bits per heavy atom. The van der Waals surface area contributed by atoms with Gasteiger partial charge in [0, 0.05) is 39.1 Å². The van der Waals surface area contributed by atoms with E-state index in [9.17, 15) is 22.8 Å². The van der Waals surface area contributed by atoms with E-state index in [4.69, 9.17) is 4.74 Å². The van der Waals surface area contributed by atoms with Crippen molar-refractivity contribution in [2.75, 3.05) is 44.2 Å². The van der Waals surface area contributed by atoms with Crippen LogP contribution in [0.15, 0.2) is 11.8 Å². The quantitative estimate of drug-likeness (QED) is 0.780. The molecule has 1 N–H and O–H groups in total. The normalized spacial score (nSPS) is 19.5. The summed E-state index contributed by atoms with van der Waals surface area (Å²) in [6.07, 6.45) is -1.61. The molecule has 1 aromatic rings. The van der Waals surface area contributed by atoms with Crippen molar-refractivity contribution >= 4 is 28.3 Å². The summed E-state index contributed by atoms with van der Waals surface area (Å²) in [5.74, 6) is -0.442. The van der Waals surface area contributed by atoms with Crippen molar-refractivity contribution in [3.05, 3.63) is 16.8 Å². The Bertz CT molecular complexity index is 752. The maximum absolute atomic E-state index is 12.8. The second-order valence-electron chi connectivity index (χ2n) is 6.38. The monoisotopic (exact) mass is 419 g/mol. The molecule has 8 nitrogen and oxygen atoms in total. The van der Waals surface area contributed by atoms with E-state index in [1.54, 1.807) is 4.90 Å². The summed E-state index contributed by atoms with van der Waals surface area (Å²) in [5.41, 5.74) is 0.533. The van der Waals surface area contributed by atoms with E-state index < -0.39 is 11.2 Å². The topological polar surface area (TPSA) is 87.7 Å². The molecule has 2 aliphatic heterocycles. The smallest absolute Gasteiger partial charge is 0.445 e. The van der Waals surface area contributed by atoms with Crippen molar-refractivity contribution < 1.29 is 27.5 Å². The minimum atomic E-state index is -4.56. The van der Waals surface area contributed by atoms with Gasteiger partial charge in [-0.2, -0.15) is 13.2 Å². The van der Waals surface area contributed by atoms with E-state index in [-0.39, 0.29) is 56.1 Å². The van der Waals surface area contributed by atoms with Crippen molar-refractivity contribution in [2.24, 2.45) is 0 Å². The van der Waals surface area contributed by atoms with Gasteiger partial charge in [0.25, 0.3) is 5.91 Å². The van der Waals surface area contributed by atoms with Gasteiger partial charge in [-0.15, -0.1) is 10.2 Å². The number of amides is 2. The Morgan fingerprint density at radius 1 is 1.18 bits per heavy atom. The third-order valence-electron chi connectivity index (χ3n) is 4.38. The molecule has 1 aromatic heterocycles. The summed E-state index contributed by atoms with van der Waals surface area (Å²) in [7, 11) is 0. The van der Waals surface area contributed by atoms with Crippen molar-refractivity contribution in [1.82, 2.24) is 20.4 Å². The van der Waals surface area contributed by atoms with Gasteiger partial charge >= 0.3 is 6.18 Å². The molecular weight excluding hydrogens is 399 g/mol. The highest BCUT2D eigenvalue weighted by Crippen LogP contribution is 2.34. The molecule has 28 heavy (non-hydrogen) atoms. The average molecular weight is 419 g/mol. The number of carbonyl (C=O) groups is 2. The summed E-state index contributed by atoms with van der Waals surface area (Å²) >= 11 is 0.444.